The fourth-order valence-corrected chi connectivity index (χ4v) is 9.96. The standard InChI is InChI=1S/C56H42N2O/c1-33-24-34(2)26-41(25-33)57(53-19-11-15-45-44-14-10-16-50(56(3,4)5)54(44)59-55(45)53)39-22-20-35-29-46-47-30-36-21-23-40(28-38(36)32-49(47)48(46)31-37(35)27-39)58-51-17-8-6-12-42(51)43-13-7-9-18-52(43)58/h6-32H,1-5H3. The zero-order valence-corrected chi connectivity index (χ0v) is 33.9. The van der Waals surface area contributed by atoms with E-state index in [9.17, 15) is 0 Å². The van der Waals surface area contributed by atoms with E-state index in [0.717, 1.165) is 39.0 Å². The van der Waals surface area contributed by atoms with E-state index >= 15 is 0 Å². The lowest BCUT2D eigenvalue weighted by molar-refractivity contribution is 0.573. The molecule has 0 fully saturated rings. The van der Waals surface area contributed by atoms with Gasteiger partial charge >= 0.3 is 0 Å². The molecule has 3 nitrogen and oxygen atoms in total. The average Bonchev–Trinajstić information content (AvgIpc) is 3.78. The number of hydrogen-bond donors (Lipinski definition) is 0. The molecule has 282 valence electrons. The summed E-state index contributed by atoms with van der Waals surface area (Å²) in [5, 5.41) is 9.79. The van der Waals surface area contributed by atoms with E-state index in [0.29, 0.717) is 0 Å². The summed E-state index contributed by atoms with van der Waals surface area (Å²) in [5.74, 6) is 0. The molecule has 0 saturated heterocycles. The summed E-state index contributed by atoms with van der Waals surface area (Å²) >= 11 is 0. The van der Waals surface area contributed by atoms with Crippen LogP contribution in [0.1, 0.15) is 37.5 Å². The quantitative estimate of drug-likeness (QED) is 0.178. The summed E-state index contributed by atoms with van der Waals surface area (Å²) in [6.45, 7) is 11.1. The molecule has 1 aliphatic rings. The van der Waals surface area contributed by atoms with E-state index in [1.807, 2.05) is 0 Å². The predicted molar refractivity (Wildman–Crippen MR) is 250 cm³/mol. The highest BCUT2D eigenvalue weighted by atomic mass is 16.3. The molecule has 2 heterocycles. The van der Waals surface area contributed by atoms with Gasteiger partial charge in [0.2, 0.25) is 0 Å². The van der Waals surface area contributed by atoms with Crippen molar-refractivity contribution in [3.63, 3.8) is 0 Å². The Kier molecular flexibility index (Phi) is 7.03. The molecular weight excluding hydrogens is 717 g/mol. The molecule has 9 aromatic carbocycles. The first-order chi connectivity index (χ1) is 28.7. The second-order valence-electron chi connectivity index (χ2n) is 17.6. The zero-order chi connectivity index (χ0) is 39.7. The van der Waals surface area contributed by atoms with Crippen LogP contribution in [0.3, 0.4) is 0 Å². The summed E-state index contributed by atoms with van der Waals surface area (Å²) < 4.78 is 9.37. The number of anilines is 3. The molecule has 0 spiro atoms. The minimum absolute atomic E-state index is 0.0552. The lowest BCUT2D eigenvalue weighted by atomic mass is 9.78. The minimum Gasteiger partial charge on any atom is -0.454 e. The first-order valence-corrected chi connectivity index (χ1v) is 20.7. The van der Waals surface area contributed by atoms with Crippen LogP contribution in [0.4, 0.5) is 17.1 Å². The molecule has 11 aromatic rings. The van der Waals surface area contributed by atoms with Crippen LogP contribution in [0, 0.1) is 13.8 Å². The second kappa shape index (κ2) is 12.2. The van der Waals surface area contributed by atoms with E-state index in [-0.39, 0.29) is 5.41 Å². The maximum Gasteiger partial charge on any atom is 0.159 e. The third-order valence-corrected chi connectivity index (χ3v) is 12.6. The molecule has 0 amide bonds. The Balaban J connectivity index is 1.00. The van der Waals surface area contributed by atoms with Crippen molar-refractivity contribution < 1.29 is 4.42 Å². The lowest BCUT2D eigenvalue weighted by Crippen LogP contribution is -2.11. The van der Waals surface area contributed by atoms with E-state index in [1.165, 1.54) is 88.0 Å². The van der Waals surface area contributed by atoms with Crippen molar-refractivity contribution in [2.45, 2.75) is 40.0 Å². The smallest absolute Gasteiger partial charge is 0.159 e. The largest absolute Gasteiger partial charge is 0.454 e. The van der Waals surface area contributed by atoms with E-state index in [4.69, 9.17) is 4.42 Å². The third-order valence-electron chi connectivity index (χ3n) is 12.6. The summed E-state index contributed by atoms with van der Waals surface area (Å²) in [6, 6.07) is 60.8. The number of para-hydroxylation sites is 4. The molecule has 12 rings (SSSR count). The van der Waals surface area contributed by atoms with Gasteiger partial charge in [-0.25, -0.2) is 0 Å². The summed E-state index contributed by atoms with van der Waals surface area (Å²) in [5.41, 5.74) is 17.6. The third kappa shape index (κ3) is 5.07. The van der Waals surface area contributed by atoms with Gasteiger partial charge in [-0.3, -0.25) is 0 Å². The topological polar surface area (TPSA) is 21.3 Å². The minimum atomic E-state index is -0.0552. The molecule has 59 heavy (non-hydrogen) atoms. The van der Waals surface area contributed by atoms with Gasteiger partial charge in [0.05, 0.1) is 16.7 Å². The predicted octanol–water partition coefficient (Wildman–Crippen LogP) is 16.0. The monoisotopic (exact) mass is 758 g/mol. The highest BCUT2D eigenvalue weighted by molar-refractivity contribution is 6.14. The van der Waals surface area contributed by atoms with Crippen molar-refractivity contribution in [2.24, 2.45) is 0 Å². The lowest BCUT2D eigenvalue weighted by Gasteiger charge is -2.28. The van der Waals surface area contributed by atoms with Gasteiger partial charge in [0.15, 0.2) is 5.58 Å². The second-order valence-corrected chi connectivity index (χ2v) is 17.6. The van der Waals surface area contributed by atoms with Crippen molar-refractivity contribution >= 4 is 82.4 Å². The van der Waals surface area contributed by atoms with E-state index in [1.54, 1.807) is 0 Å². The molecule has 0 atom stereocenters. The number of hydrogen-bond acceptors (Lipinski definition) is 2. The van der Waals surface area contributed by atoms with Gasteiger partial charge < -0.3 is 13.9 Å². The van der Waals surface area contributed by atoms with Gasteiger partial charge in [-0.15, -0.1) is 0 Å². The van der Waals surface area contributed by atoms with Crippen LogP contribution in [0.2, 0.25) is 0 Å². The zero-order valence-electron chi connectivity index (χ0n) is 33.9. The van der Waals surface area contributed by atoms with Crippen LogP contribution >= 0.6 is 0 Å². The number of fused-ring (bicyclic) bond motifs is 12. The fourth-order valence-electron chi connectivity index (χ4n) is 9.96. The van der Waals surface area contributed by atoms with Gasteiger partial charge in [-0.05, 0) is 153 Å². The van der Waals surface area contributed by atoms with Crippen molar-refractivity contribution in [2.75, 3.05) is 4.90 Å². The van der Waals surface area contributed by atoms with Crippen LogP contribution < -0.4 is 4.90 Å². The van der Waals surface area contributed by atoms with Crippen LogP contribution in [0.25, 0.3) is 93.2 Å². The van der Waals surface area contributed by atoms with Gasteiger partial charge in [-0.2, -0.15) is 0 Å². The van der Waals surface area contributed by atoms with Gasteiger partial charge in [0.1, 0.15) is 5.58 Å². The number of aryl methyl sites for hydroxylation is 2. The van der Waals surface area contributed by atoms with Crippen molar-refractivity contribution in [3.05, 3.63) is 180 Å². The molecule has 0 unspecified atom stereocenters. The number of nitrogens with zero attached hydrogens (tertiary/aromatic N) is 2. The molecule has 1 aliphatic carbocycles. The van der Waals surface area contributed by atoms with Gasteiger partial charge in [-0.1, -0.05) is 106 Å². The molecule has 0 bridgehead atoms. The first-order valence-electron chi connectivity index (χ1n) is 20.7. The average molecular weight is 759 g/mol. The summed E-state index contributed by atoms with van der Waals surface area (Å²) in [4.78, 5) is 2.39. The Morgan fingerprint density at radius 3 is 1.63 bits per heavy atom. The van der Waals surface area contributed by atoms with Gasteiger partial charge in [0.25, 0.3) is 0 Å². The number of rotatable bonds is 4. The van der Waals surface area contributed by atoms with Crippen LogP contribution in [-0.2, 0) is 5.41 Å². The molecule has 0 N–H and O–H groups in total. The van der Waals surface area contributed by atoms with Crippen LogP contribution in [0.15, 0.2) is 168 Å². The van der Waals surface area contributed by atoms with E-state index in [2.05, 4.69) is 208 Å². The maximum atomic E-state index is 6.96. The first kappa shape index (κ1) is 34.0. The molecule has 3 heteroatoms. The number of benzene rings is 9. The summed E-state index contributed by atoms with van der Waals surface area (Å²) in [6.07, 6.45) is 0. The maximum absolute atomic E-state index is 6.96. The van der Waals surface area contributed by atoms with Gasteiger partial charge in [0, 0.05) is 44.2 Å². The molecule has 0 aliphatic heterocycles. The fraction of sp³-hybridized carbons (Fsp3) is 0.107. The molecule has 0 saturated carbocycles. The van der Waals surface area contributed by atoms with Crippen molar-refractivity contribution in [1.82, 2.24) is 4.57 Å². The van der Waals surface area contributed by atoms with E-state index < -0.39 is 0 Å². The Labute approximate surface area is 343 Å². The normalized spacial score (nSPS) is 12.5. The Bertz CT molecular complexity index is 3500. The highest BCUT2D eigenvalue weighted by Crippen LogP contribution is 2.52. The molecular formula is C56H42N2O. The SMILES string of the molecule is Cc1cc(C)cc(N(c2ccc3cc4c(cc3c2)-c2cc3cc(-n5c6ccccc6c6ccccc65)ccc3cc2-4)c2cccc3c2oc2c(C(C)(C)C)cccc23)c1. The van der Waals surface area contributed by atoms with Crippen LogP contribution in [-0.4, -0.2) is 4.57 Å². The molecule has 0 radical (unpaired) electrons. The Morgan fingerprint density at radius 1 is 0.441 bits per heavy atom. The Hall–Kier alpha value is -7.10. The number of aromatic nitrogens is 1. The van der Waals surface area contributed by atoms with Crippen LogP contribution in [0.5, 0.6) is 0 Å². The summed E-state index contributed by atoms with van der Waals surface area (Å²) in [7, 11) is 0. The van der Waals surface area contributed by atoms with Crippen molar-refractivity contribution in [1.29, 1.82) is 0 Å². The molecule has 2 aromatic heterocycles. The Morgan fingerprint density at radius 2 is 0.983 bits per heavy atom. The van der Waals surface area contributed by atoms with Crippen molar-refractivity contribution in [3.8, 4) is 27.9 Å². The highest BCUT2D eigenvalue weighted by Gasteiger charge is 2.27. The number of furan rings is 1.